The van der Waals surface area contributed by atoms with Gasteiger partial charge in [-0.2, -0.15) is 0 Å². The van der Waals surface area contributed by atoms with E-state index >= 15 is 0 Å². The van der Waals surface area contributed by atoms with Gasteiger partial charge >= 0.3 is 0 Å². The number of hydrogen-bond donors (Lipinski definition) is 1. The highest BCUT2D eigenvalue weighted by Gasteiger charge is 2.31. The van der Waals surface area contributed by atoms with Crippen LogP contribution in [-0.4, -0.2) is 47.1 Å². The van der Waals surface area contributed by atoms with E-state index in [9.17, 15) is 4.79 Å². The molecule has 2 aromatic heterocycles. The molecule has 0 radical (unpaired) electrons. The monoisotopic (exact) mass is 350 g/mol. The summed E-state index contributed by atoms with van der Waals surface area (Å²) in [5.41, 5.74) is 2.91. The summed E-state index contributed by atoms with van der Waals surface area (Å²) in [6.45, 7) is 3.43. The molecule has 1 atom stereocenters. The molecular weight excluding hydrogens is 328 g/mol. The second-order valence-electron chi connectivity index (χ2n) is 6.70. The molecule has 7 heteroatoms. The summed E-state index contributed by atoms with van der Waals surface area (Å²) < 4.78 is 5.34. The van der Waals surface area contributed by atoms with Crippen molar-refractivity contribution in [2.24, 2.45) is 0 Å². The van der Waals surface area contributed by atoms with Gasteiger partial charge in [-0.15, -0.1) is 12.4 Å². The number of rotatable bonds is 3. The van der Waals surface area contributed by atoms with Crippen LogP contribution in [0.1, 0.15) is 53.3 Å². The van der Waals surface area contributed by atoms with Gasteiger partial charge < -0.3 is 14.7 Å². The standard InChI is InChI=1S/C17H22N4O2.ClH/c1-10-15-13(17(22)21-7-3-4-12(9-21)18-2)8-14(11-5-6-11)19-16(15)23-20-10;/h8,11-12,18H,3-7,9H2,1-2H3;1H. The van der Waals surface area contributed by atoms with Crippen molar-refractivity contribution in [3.05, 3.63) is 23.0 Å². The molecule has 2 aliphatic rings. The van der Waals surface area contributed by atoms with E-state index in [1.165, 1.54) is 0 Å². The van der Waals surface area contributed by atoms with E-state index in [0.29, 0.717) is 23.2 Å². The Morgan fingerprint density at radius 1 is 1.38 bits per heavy atom. The molecule has 1 amide bonds. The van der Waals surface area contributed by atoms with Crippen LogP contribution < -0.4 is 5.32 Å². The first-order valence-corrected chi connectivity index (χ1v) is 8.41. The Kier molecular flexibility index (Phi) is 4.78. The van der Waals surface area contributed by atoms with Gasteiger partial charge in [0.15, 0.2) is 0 Å². The van der Waals surface area contributed by atoms with Crippen molar-refractivity contribution in [3.63, 3.8) is 0 Å². The molecule has 1 saturated heterocycles. The summed E-state index contributed by atoms with van der Waals surface area (Å²) in [6, 6.07) is 2.34. The summed E-state index contributed by atoms with van der Waals surface area (Å²) in [5.74, 6) is 0.549. The van der Waals surface area contributed by atoms with Gasteiger partial charge in [0.2, 0.25) is 0 Å². The minimum Gasteiger partial charge on any atom is -0.337 e. The van der Waals surface area contributed by atoms with Crippen LogP contribution in [0.15, 0.2) is 10.6 Å². The van der Waals surface area contributed by atoms with E-state index in [-0.39, 0.29) is 18.3 Å². The average molecular weight is 351 g/mol. The van der Waals surface area contributed by atoms with Crippen molar-refractivity contribution in [2.75, 3.05) is 20.1 Å². The topological polar surface area (TPSA) is 71.3 Å². The van der Waals surface area contributed by atoms with Crippen LogP contribution in [-0.2, 0) is 0 Å². The van der Waals surface area contributed by atoms with E-state index in [0.717, 1.165) is 55.5 Å². The van der Waals surface area contributed by atoms with Gasteiger partial charge in [0.25, 0.3) is 11.6 Å². The number of amides is 1. The zero-order valence-corrected chi connectivity index (χ0v) is 14.9. The van der Waals surface area contributed by atoms with Gasteiger partial charge in [-0.25, -0.2) is 4.98 Å². The second kappa shape index (κ2) is 6.69. The van der Waals surface area contributed by atoms with Crippen LogP contribution >= 0.6 is 12.4 Å². The third-order valence-corrected chi connectivity index (χ3v) is 4.98. The molecular formula is C17H23ClN4O2. The molecule has 3 heterocycles. The van der Waals surface area contributed by atoms with Crippen molar-refractivity contribution < 1.29 is 9.32 Å². The van der Waals surface area contributed by atoms with Gasteiger partial charge in [0.05, 0.1) is 16.6 Å². The average Bonchev–Trinajstić information content (AvgIpc) is 3.37. The van der Waals surface area contributed by atoms with Crippen LogP contribution in [0.3, 0.4) is 0 Å². The smallest absolute Gasteiger partial charge is 0.259 e. The van der Waals surface area contributed by atoms with Gasteiger partial charge in [-0.3, -0.25) is 4.79 Å². The fraction of sp³-hybridized carbons (Fsp3) is 0.588. The molecule has 1 unspecified atom stereocenters. The number of halogens is 1. The molecule has 1 N–H and O–H groups in total. The lowest BCUT2D eigenvalue weighted by molar-refractivity contribution is 0.0700. The highest BCUT2D eigenvalue weighted by molar-refractivity contribution is 6.06. The minimum absolute atomic E-state index is 0. The first-order chi connectivity index (χ1) is 11.2. The number of hydrogen-bond acceptors (Lipinski definition) is 5. The molecule has 24 heavy (non-hydrogen) atoms. The Bertz CT molecular complexity index is 756. The molecule has 1 aliphatic heterocycles. The number of carbonyl (C=O) groups excluding carboxylic acids is 1. The van der Waals surface area contributed by atoms with Gasteiger partial charge in [-0.05, 0) is 45.7 Å². The predicted molar refractivity (Wildman–Crippen MR) is 93.7 cm³/mol. The van der Waals surface area contributed by atoms with Crippen LogP contribution in [0.25, 0.3) is 11.1 Å². The van der Waals surface area contributed by atoms with Crippen LogP contribution in [0, 0.1) is 6.92 Å². The summed E-state index contributed by atoms with van der Waals surface area (Å²) in [6.07, 6.45) is 4.44. The highest BCUT2D eigenvalue weighted by Crippen LogP contribution is 2.40. The number of piperidine rings is 1. The fourth-order valence-corrected chi connectivity index (χ4v) is 3.44. The molecule has 2 fully saturated rings. The Morgan fingerprint density at radius 3 is 2.88 bits per heavy atom. The van der Waals surface area contributed by atoms with Crippen LogP contribution in [0.2, 0.25) is 0 Å². The number of carbonyl (C=O) groups is 1. The van der Waals surface area contributed by atoms with Crippen molar-refractivity contribution >= 4 is 29.4 Å². The summed E-state index contributed by atoms with van der Waals surface area (Å²) in [7, 11) is 1.96. The maximum absolute atomic E-state index is 13.1. The van der Waals surface area contributed by atoms with Crippen molar-refractivity contribution in [1.82, 2.24) is 20.4 Å². The van der Waals surface area contributed by atoms with E-state index in [1.807, 2.05) is 24.9 Å². The number of fused-ring (bicyclic) bond motifs is 1. The maximum Gasteiger partial charge on any atom is 0.259 e. The molecule has 0 aromatic carbocycles. The second-order valence-corrected chi connectivity index (χ2v) is 6.70. The van der Waals surface area contributed by atoms with Gasteiger partial charge in [0, 0.05) is 30.7 Å². The van der Waals surface area contributed by atoms with E-state index in [2.05, 4.69) is 15.5 Å². The molecule has 1 saturated carbocycles. The highest BCUT2D eigenvalue weighted by atomic mass is 35.5. The fourth-order valence-electron chi connectivity index (χ4n) is 3.44. The number of likely N-dealkylation sites (tertiary alicyclic amines) is 1. The molecule has 0 bridgehead atoms. The molecule has 130 valence electrons. The summed E-state index contributed by atoms with van der Waals surface area (Å²) >= 11 is 0. The van der Waals surface area contributed by atoms with Crippen molar-refractivity contribution in [1.29, 1.82) is 0 Å². The van der Waals surface area contributed by atoms with Gasteiger partial charge in [0.1, 0.15) is 0 Å². The summed E-state index contributed by atoms with van der Waals surface area (Å²) in [5, 5.41) is 8.07. The SMILES string of the molecule is CNC1CCCN(C(=O)c2cc(C3CC3)nc3onc(C)c23)C1.Cl. The number of pyridine rings is 1. The zero-order chi connectivity index (χ0) is 16.0. The van der Waals surface area contributed by atoms with Crippen molar-refractivity contribution in [2.45, 2.75) is 44.6 Å². The minimum atomic E-state index is 0. The summed E-state index contributed by atoms with van der Waals surface area (Å²) in [4.78, 5) is 19.6. The lowest BCUT2D eigenvalue weighted by atomic mass is 10.0. The number of nitrogens with one attached hydrogen (secondary N) is 1. The number of aromatic nitrogens is 2. The molecule has 6 nitrogen and oxygen atoms in total. The largest absolute Gasteiger partial charge is 0.337 e. The maximum atomic E-state index is 13.1. The van der Waals surface area contributed by atoms with Crippen LogP contribution in [0.4, 0.5) is 0 Å². The Balaban J connectivity index is 0.00000169. The molecule has 0 spiro atoms. The third-order valence-electron chi connectivity index (χ3n) is 4.98. The van der Waals surface area contributed by atoms with Crippen molar-refractivity contribution in [3.8, 4) is 0 Å². The number of likely N-dealkylation sites (N-methyl/N-ethyl adjacent to an activating group) is 1. The molecule has 4 rings (SSSR count). The normalized spacial score (nSPS) is 20.9. The lowest BCUT2D eigenvalue weighted by Crippen LogP contribution is -2.47. The van der Waals surface area contributed by atoms with E-state index in [4.69, 9.17) is 4.52 Å². The third kappa shape index (κ3) is 3.00. The Hall–Kier alpha value is -1.66. The van der Waals surface area contributed by atoms with Crippen LogP contribution in [0.5, 0.6) is 0 Å². The van der Waals surface area contributed by atoms with E-state index < -0.39 is 0 Å². The Labute approximate surface area is 147 Å². The lowest BCUT2D eigenvalue weighted by Gasteiger charge is -2.32. The quantitative estimate of drug-likeness (QED) is 0.921. The van der Waals surface area contributed by atoms with E-state index in [1.54, 1.807) is 0 Å². The molecule has 1 aliphatic carbocycles. The predicted octanol–water partition coefficient (Wildman–Crippen LogP) is 2.65. The first kappa shape index (κ1) is 17.2. The molecule has 2 aromatic rings. The number of aryl methyl sites for hydroxylation is 1. The Morgan fingerprint density at radius 2 is 2.17 bits per heavy atom. The van der Waals surface area contributed by atoms with Gasteiger partial charge in [-0.1, -0.05) is 5.16 Å². The number of nitrogens with zero attached hydrogens (tertiary/aromatic N) is 3. The first-order valence-electron chi connectivity index (χ1n) is 8.41. The zero-order valence-electron chi connectivity index (χ0n) is 14.0.